The third-order valence-corrected chi connectivity index (χ3v) is 3.27. The third-order valence-electron chi connectivity index (χ3n) is 2.06. The highest BCUT2D eigenvalue weighted by atomic mass is 35.5. The summed E-state index contributed by atoms with van der Waals surface area (Å²) in [7, 11) is 0. The number of rotatable bonds is 3. The first-order valence-electron chi connectivity index (χ1n) is 4.08. The summed E-state index contributed by atoms with van der Waals surface area (Å²) in [5.41, 5.74) is 0. The van der Waals surface area contributed by atoms with Crippen molar-refractivity contribution in [3.05, 3.63) is 23.2 Å². The standard InChI is InChI=1S/C8H11ClN2O2S/c1-5(6(2)14(12)13)8-10-3-7(9)4-11-8/h3-6H,1-2H3,(H,12,13)/p-1/t5-,6-/m0/s1. The Bertz CT molecular complexity index is 331. The van der Waals surface area contributed by atoms with Crippen LogP contribution in [0.15, 0.2) is 12.4 Å². The lowest BCUT2D eigenvalue weighted by Gasteiger charge is -2.20. The molecule has 0 aliphatic rings. The van der Waals surface area contributed by atoms with E-state index in [0.29, 0.717) is 10.8 Å². The molecular weight excluding hydrogens is 224 g/mol. The fourth-order valence-corrected chi connectivity index (χ4v) is 1.49. The molecule has 0 fully saturated rings. The van der Waals surface area contributed by atoms with E-state index < -0.39 is 16.3 Å². The summed E-state index contributed by atoms with van der Waals surface area (Å²) in [6, 6.07) is 0. The van der Waals surface area contributed by atoms with E-state index in [1.807, 2.05) is 0 Å². The maximum atomic E-state index is 10.7. The molecule has 0 amide bonds. The van der Waals surface area contributed by atoms with Gasteiger partial charge in [-0.3, -0.25) is 4.21 Å². The zero-order chi connectivity index (χ0) is 10.7. The second-order valence-electron chi connectivity index (χ2n) is 3.01. The smallest absolute Gasteiger partial charge is 0.132 e. The van der Waals surface area contributed by atoms with Crippen LogP contribution >= 0.6 is 11.6 Å². The van der Waals surface area contributed by atoms with Gasteiger partial charge < -0.3 is 4.55 Å². The van der Waals surface area contributed by atoms with Crippen LogP contribution in [0.25, 0.3) is 0 Å². The molecule has 0 aromatic carbocycles. The summed E-state index contributed by atoms with van der Waals surface area (Å²) in [4.78, 5) is 7.93. The van der Waals surface area contributed by atoms with Gasteiger partial charge in [-0.15, -0.1) is 0 Å². The molecule has 0 radical (unpaired) electrons. The molecule has 4 nitrogen and oxygen atoms in total. The Labute approximate surface area is 90.0 Å². The Morgan fingerprint density at radius 1 is 1.43 bits per heavy atom. The Morgan fingerprint density at radius 2 is 1.93 bits per heavy atom. The normalized spacial score (nSPS) is 17.4. The lowest BCUT2D eigenvalue weighted by Crippen LogP contribution is -2.19. The number of hydrogen-bond donors (Lipinski definition) is 0. The van der Waals surface area contributed by atoms with Crippen LogP contribution in [0.5, 0.6) is 0 Å². The first kappa shape index (κ1) is 11.6. The average Bonchev–Trinajstić information content (AvgIpc) is 2.16. The minimum absolute atomic E-state index is 0.231. The molecule has 0 N–H and O–H groups in total. The van der Waals surface area contributed by atoms with Gasteiger partial charge in [0.05, 0.1) is 5.02 Å². The Morgan fingerprint density at radius 3 is 2.36 bits per heavy atom. The molecule has 0 saturated carbocycles. The van der Waals surface area contributed by atoms with Gasteiger partial charge in [0.1, 0.15) is 5.82 Å². The van der Waals surface area contributed by atoms with Crippen LogP contribution < -0.4 is 0 Å². The SMILES string of the molecule is C[C@H](c1ncc(Cl)cn1)[C@H](C)S(=O)[O-]. The van der Waals surface area contributed by atoms with E-state index in [-0.39, 0.29) is 5.92 Å². The summed E-state index contributed by atoms with van der Waals surface area (Å²) < 4.78 is 21.4. The molecular formula is C8H10ClN2O2S-. The number of aromatic nitrogens is 2. The molecule has 0 aliphatic heterocycles. The van der Waals surface area contributed by atoms with E-state index in [1.54, 1.807) is 13.8 Å². The van der Waals surface area contributed by atoms with E-state index in [4.69, 9.17) is 11.6 Å². The fraction of sp³-hybridized carbons (Fsp3) is 0.500. The van der Waals surface area contributed by atoms with Crippen molar-refractivity contribution in [2.75, 3.05) is 0 Å². The first-order chi connectivity index (χ1) is 6.52. The summed E-state index contributed by atoms with van der Waals surface area (Å²) in [6.45, 7) is 3.38. The Kier molecular flexibility index (Phi) is 3.97. The fourth-order valence-electron chi connectivity index (χ4n) is 0.934. The minimum Gasteiger partial charge on any atom is -0.772 e. The highest BCUT2D eigenvalue weighted by molar-refractivity contribution is 7.79. The number of hydrogen-bond acceptors (Lipinski definition) is 4. The van der Waals surface area contributed by atoms with Crippen LogP contribution in [0.4, 0.5) is 0 Å². The van der Waals surface area contributed by atoms with Gasteiger partial charge in [-0.2, -0.15) is 0 Å². The molecule has 1 rings (SSSR count). The predicted molar refractivity (Wildman–Crippen MR) is 53.8 cm³/mol. The van der Waals surface area contributed by atoms with Gasteiger partial charge in [0.2, 0.25) is 0 Å². The molecule has 0 saturated heterocycles. The van der Waals surface area contributed by atoms with E-state index in [2.05, 4.69) is 9.97 Å². The highest BCUT2D eigenvalue weighted by Gasteiger charge is 2.17. The van der Waals surface area contributed by atoms with Gasteiger partial charge in [-0.25, -0.2) is 9.97 Å². The highest BCUT2D eigenvalue weighted by Crippen LogP contribution is 2.18. The third kappa shape index (κ3) is 2.73. The Hall–Kier alpha value is -0.520. The summed E-state index contributed by atoms with van der Waals surface area (Å²) in [5, 5.41) is -0.0620. The molecule has 1 aromatic heterocycles. The van der Waals surface area contributed by atoms with Gasteiger partial charge in [-0.1, -0.05) is 36.5 Å². The van der Waals surface area contributed by atoms with Crippen molar-refractivity contribution in [3.63, 3.8) is 0 Å². The zero-order valence-electron chi connectivity index (χ0n) is 7.81. The van der Waals surface area contributed by atoms with Crippen LogP contribution in [-0.2, 0) is 11.1 Å². The topological polar surface area (TPSA) is 65.9 Å². The second kappa shape index (κ2) is 4.82. The van der Waals surface area contributed by atoms with Crippen molar-refractivity contribution < 1.29 is 8.76 Å². The molecule has 1 heterocycles. The predicted octanol–water partition coefficient (Wildman–Crippen LogP) is 1.50. The quantitative estimate of drug-likeness (QED) is 0.743. The summed E-state index contributed by atoms with van der Waals surface area (Å²) in [5.74, 6) is 0.261. The maximum absolute atomic E-state index is 10.7. The molecule has 0 aliphatic carbocycles. The lowest BCUT2D eigenvalue weighted by atomic mass is 10.1. The van der Waals surface area contributed by atoms with E-state index in [0.717, 1.165) is 0 Å². The molecule has 0 bridgehead atoms. The van der Waals surface area contributed by atoms with Crippen molar-refractivity contribution >= 4 is 22.7 Å². The first-order valence-corrected chi connectivity index (χ1v) is 5.59. The van der Waals surface area contributed by atoms with Crippen molar-refractivity contribution in [2.45, 2.75) is 25.0 Å². The van der Waals surface area contributed by atoms with Gasteiger partial charge in [0.15, 0.2) is 0 Å². The summed E-state index contributed by atoms with van der Waals surface area (Å²) >= 11 is 3.50. The zero-order valence-corrected chi connectivity index (χ0v) is 9.38. The maximum Gasteiger partial charge on any atom is 0.132 e. The monoisotopic (exact) mass is 233 g/mol. The molecule has 3 atom stereocenters. The molecule has 78 valence electrons. The van der Waals surface area contributed by atoms with Gasteiger partial charge in [0, 0.05) is 23.6 Å². The van der Waals surface area contributed by atoms with Crippen molar-refractivity contribution in [2.24, 2.45) is 0 Å². The Balaban J connectivity index is 2.84. The summed E-state index contributed by atoms with van der Waals surface area (Å²) in [6.07, 6.45) is 2.92. The average molecular weight is 234 g/mol. The van der Waals surface area contributed by atoms with Crippen LogP contribution in [0.2, 0.25) is 5.02 Å². The van der Waals surface area contributed by atoms with Crippen molar-refractivity contribution in [1.29, 1.82) is 0 Å². The van der Waals surface area contributed by atoms with Gasteiger partial charge in [-0.05, 0) is 0 Å². The van der Waals surface area contributed by atoms with E-state index in [9.17, 15) is 8.76 Å². The number of nitrogens with zero attached hydrogens (tertiary/aromatic N) is 2. The molecule has 1 unspecified atom stereocenters. The van der Waals surface area contributed by atoms with Crippen LogP contribution in [-0.4, -0.2) is 24.0 Å². The van der Waals surface area contributed by atoms with Crippen LogP contribution in [0.3, 0.4) is 0 Å². The lowest BCUT2D eigenvalue weighted by molar-refractivity contribution is 0.511. The van der Waals surface area contributed by atoms with E-state index >= 15 is 0 Å². The van der Waals surface area contributed by atoms with E-state index in [1.165, 1.54) is 12.4 Å². The van der Waals surface area contributed by atoms with Crippen molar-refractivity contribution in [1.82, 2.24) is 9.97 Å². The van der Waals surface area contributed by atoms with Gasteiger partial charge >= 0.3 is 0 Å². The van der Waals surface area contributed by atoms with Crippen LogP contribution in [0, 0.1) is 0 Å². The van der Waals surface area contributed by atoms with Crippen LogP contribution in [0.1, 0.15) is 25.6 Å². The minimum atomic E-state index is -2.11. The largest absolute Gasteiger partial charge is 0.772 e. The molecule has 14 heavy (non-hydrogen) atoms. The van der Waals surface area contributed by atoms with Gasteiger partial charge in [0.25, 0.3) is 0 Å². The molecule has 1 aromatic rings. The molecule has 0 spiro atoms. The second-order valence-corrected chi connectivity index (χ2v) is 4.71. The van der Waals surface area contributed by atoms with Crippen molar-refractivity contribution in [3.8, 4) is 0 Å². The molecule has 6 heteroatoms. The number of halogens is 1.